The third kappa shape index (κ3) is 3.91. The van der Waals surface area contributed by atoms with E-state index in [1.165, 1.54) is 6.07 Å². The molecule has 0 aliphatic carbocycles. The van der Waals surface area contributed by atoms with Gasteiger partial charge in [0.25, 0.3) is 0 Å². The van der Waals surface area contributed by atoms with Crippen LogP contribution >= 0.6 is 23.2 Å². The van der Waals surface area contributed by atoms with E-state index in [-0.39, 0.29) is 11.4 Å². The lowest BCUT2D eigenvalue weighted by atomic mass is 10.2. The number of aromatic amines is 1. The molecule has 0 saturated heterocycles. The van der Waals surface area contributed by atoms with Crippen LogP contribution in [-0.4, -0.2) is 18.4 Å². The first-order valence-electron chi connectivity index (χ1n) is 8.41. The molecule has 0 radical (unpaired) electrons. The molecule has 4 rings (SSSR count). The third-order valence-electron chi connectivity index (χ3n) is 4.28. The summed E-state index contributed by atoms with van der Waals surface area (Å²) in [6.45, 7) is 0.0641. The summed E-state index contributed by atoms with van der Waals surface area (Å²) < 4.78 is 27.9. The van der Waals surface area contributed by atoms with Crippen LogP contribution in [0.4, 0.5) is 0 Å². The van der Waals surface area contributed by atoms with Gasteiger partial charge in [0.05, 0.1) is 15.9 Å². The summed E-state index contributed by atoms with van der Waals surface area (Å²) in [5.41, 5.74) is 2.91. The lowest BCUT2D eigenvalue weighted by Crippen LogP contribution is -2.23. The maximum Gasteiger partial charge on any atom is 0.240 e. The van der Waals surface area contributed by atoms with Gasteiger partial charge in [-0.25, -0.2) is 18.1 Å². The van der Waals surface area contributed by atoms with Crippen LogP contribution in [0.3, 0.4) is 0 Å². The van der Waals surface area contributed by atoms with Gasteiger partial charge in [-0.2, -0.15) is 0 Å². The first kappa shape index (κ1) is 19.0. The van der Waals surface area contributed by atoms with Crippen LogP contribution in [0.1, 0.15) is 5.56 Å². The van der Waals surface area contributed by atoms with Crippen molar-refractivity contribution in [2.75, 3.05) is 0 Å². The van der Waals surface area contributed by atoms with E-state index in [1.807, 2.05) is 30.3 Å². The number of benzene rings is 3. The van der Waals surface area contributed by atoms with Crippen LogP contribution in [0, 0.1) is 0 Å². The molecule has 3 aromatic carbocycles. The standard InChI is InChI=1S/C20H15Cl2N3O2S/c21-15-7-6-14(17(22)10-15)12-23-28(26,27)16-8-9-18-19(11-16)25-20(24-18)13-4-2-1-3-5-13/h1-11,23H,12H2,(H,24,25). The van der Waals surface area contributed by atoms with Crippen LogP contribution in [0.15, 0.2) is 71.6 Å². The zero-order valence-corrected chi connectivity index (χ0v) is 16.8. The Morgan fingerprint density at radius 1 is 0.964 bits per heavy atom. The molecule has 0 spiro atoms. The molecule has 0 bridgehead atoms. The SMILES string of the molecule is O=S(=O)(NCc1ccc(Cl)cc1Cl)c1ccc2nc(-c3ccccc3)[nH]c2c1. The van der Waals surface area contributed by atoms with Gasteiger partial charge in [0.15, 0.2) is 0 Å². The van der Waals surface area contributed by atoms with Crippen LogP contribution in [0.2, 0.25) is 10.0 Å². The maximum atomic E-state index is 12.7. The van der Waals surface area contributed by atoms with Crippen molar-refractivity contribution in [1.82, 2.24) is 14.7 Å². The van der Waals surface area contributed by atoms with Gasteiger partial charge >= 0.3 is 0 Å². The van der Waals surface area contributed by atoms with Crippen LogP contribution in [0.5, 0.6) is 0 Å². The average molecular weight is 432 g/mol. The molecule has 142 valence electrons. The second-order valence-electron chi connectivity index (χ2n) is 6.19. The van der Waals surface area contributed by atoms with E-state index in [0.717, 1.165) is 5.56 Å². The van der Waals surface area contributed by atoms with Crippen molar-refractivity contribution in [3.05, 3.63) is 82.3 Å². The van der Waals surface area contributed by atoms with Crippen molar-refractivity contribution in [2.45, 2.75) is 11.4 Å². The Labute approximate surface area is 172 Å². The Hall–Kier alpha value is -2.38. The van der Waals surface area contributed by atoms with Crippen molar-refractivity contribution in [1.29, 1.82) is 0 Å². The van der Waals surface area contributed by atoms with E-state index >= 15 is 0 Å². The minimum atomic E-state index is -3.72. The molecule has 1 aromatic heterocycles. The second-order valence-corrected chi connectivity index (χ2v) is 8.80. The summed E-state index contributed by atoms with van der Waals surface area (Å²) in [7, 11) is -3.72. The Balaban J connectivity index is 1.60. The molecule has 0 aliphatic rings. The number of imidazole rings is 1. The van der Waals surface area contributed by atoms with Crippen LogP contribution in [-0.2, 0) is 16.6 Å². The smallest absolute Gasteiger partial charge is 0.240 e. The van der Waals surface area contributed by atoms with Gasteiger partial charge in [0.2, 0.25) is 10.0 Å². The van der Waals surface area contributed by atoms with Crippen molar-refractivity contribution in [2.24, 2.45) is 0 Å². The number of nitrogens with zero attached hydrogens (tertiary/aromatic N) is 1. The van der Waals surface area contributed by atoms with E-state index in [1.54, 1.807) is 30.3 Å². The zero-order chi connectivity index (χ0) is 19.7. The van der Waals surface area contributed by atoms with Gasteiger partial charge in [0.1, 0.15) is 5.82 Å². The normalized spacial score (nSPS) is 11.8. The highest BCUT2D eigenvalue weighted by atomic mass is 35.5. The van der Waals surface area contributed by atoms with E-state index < -0.39 is 10.0 Å². The summed E-state index contributed by atoms with van der Waals surface area (Å²) in [4.78, 5) is 7.84. The molecule has 2 N–H and O–H groups in total. The van der Waals surface area contributed by atoms with E-state index in [0.29, 0.717) is 32.5 Å². The number of fused-ring (bicyclic) bond motifs is 1. The van der Waals surface area contributed by atoms with Crippen molar-refractivity contribution in [3.63, 3.8) is 0 Å². The van der Waals surface area contributed by atoms with Crippen molar-refractivity contribution >= 4 is 44.3 Å². The number of H-pyrrole nitrogens is 1. The van der Waals surface area contributed by atoms with Crippen molar-refractivity contribution < 1.29 is 8.42 Å². The van der Waals surface area contributed by atoms with E-state index in [2.05, 4.69) is 14.7 Å². The number of aromatic nitrogens is 2. The molecule has 0 saturated carbocycles. The molecule has 0 unspecified atom stereocenters. The predicted molar refractivity (Wildman–Crippen MR) is 112 cm³/mol. The fourth-order valence-corrected chi connectivity index (χ4v) is 4.32. The van der Waals surface area contributed by atoms with Gasteiger partial charge in [-0.05, 0) is 35.9 Å². The molecule has 0 atom stereocenters. The molecule has 1 heterocycles. The Morgan fingerprint density at radius 2 is 1.75 bits per heavy atom. The molecule has 0 amide bonds. The first-order valence-corrected chi connectivity index (χ1v) is 10.6. The Kier molecular flexibility index (Phi) is 5.12. The zero-order valence-electron chi connectivity index (χ0n) is 14.5. The maximum absolute atomic E-state index is 12.7. The lowest BCUT2D eigenvalue weighted by molar-refractivity contribution is 0.581. The largest absolute Gasteiger partial charge is 0.338 e. The molecule has 8 heteroatoms. The molecule has 0 aliphatic heterocycles. The fourth-order valence-electron chi connectivity index (χ4n) is 2.81. The number of hydrogen-bond donors (Lipinski definition) is 2. The minimum Gasteiger partial charge on any atom is -0.338 e. The molecule has 5 nitrogen and oxygen atoms in total. The monoisotopic (exact) mass is 431 g/mol. The summed E-state index contributed by atoms with van der Waals surface area (Å²) in [6.07, 6.45) is 0. The molecule has 4 aromatic rings. The van der Waals surface area contributed by atoms with Crippen LogP contribution in [0.25, 0.3) is 22.4 Å². The highest BCUT2D eigenvalue weighted by molar-refractivity contribution is 7.89. The van der Waals surface area contributed by atoms with Gasteiger partial charge in [-0.3, -0.25) is 0 Å². The molecule has 0 fully saturated rings. The minimum absolute atomic E-state index is 0.0641. The van der Waals surface area contributed by atoms with E-state index in [4.69, 9.17) is 23.2 Å². The Morgan fingerprint density at radius 3 is 2.50 bits per heavy atom. The lowest BCUT2D eigenvalue weighted by Gasteiger charge is -2.08. The average Bonchev–Trinajstić information content (AvgIpc) is 3.11. The van der Waals surface area contributed by atoms with Gasteiger partial charge < -0.3 is 4.98 Å². The highest BCUT2D eigenvalue weighted by Crippen LogP contribution is 2.24. The second kappa shape index (κ2) is 7.56. The number of halogens is 2. The first-order chi connectivity index (χ1) is 13.4. The van der Waals surface area contributed by atoms with Gasteiger partial charge in [0, 0.05) is 22.2 Å². The fraction of sp³-hybridized carbons (Fsp3) is 0.0500. The number of hydrogen-bond acceptors (Lipinski definition) is 3. The molecular formula is C20H15Cl2N3O2S. The summed E-state index contributed by atoms with van der Waals surface area (Å²) in [6, 6.07) is 19.4. The van der Waals surface area contributed by atoms with E-state index in [9.17, 15) is 8.42 Å². The predicted octanol–water partition coefficient (Wildman–Crippen LogP) is 5.02. The summed E-state index contributed by atoms with van der Waals surface area (Å²) in [5.74, 6) is 0.686. The molecular weight excluding hydrogens is 417 g/mol. The topological polar surface area (TPSA) is 74.8 Å². The quantitative estimate of drug-likeness (QED) is 0.465. The summed E-state index contributed by atoms with van der Waals surface area (Å²) >= 11 is 12.0. The van der Waals surface area contributed by atoms with Crippen molar-refractivity contribution in [3.8, 4) is 11.4 Å². The van der Waals surface area contributed by atoms with Crippen LogP contribution < -0.4 is 4.72 Å². The highest BCUT2D eigenvalue weighted by Gasteiger charge is 2.16. The Bertz CT molecular complexity index is 1260. The number of sulfonamides is 1. The number of rotatable bonds is 5. The van der Waals surface area contributed by atoms with Gasteiger partial charge in [-0.1, -0.05) is 59.6 Å². The molecule has 28 heavy (non-hydrogen) atoms. The number of nitrogens with one attached hydrogen (secondary N) is 2. The third-order valence-corrected chi connectivity index (χ3v) is 6.26. The van der Waals surface area contributed by atoms with Gasteiger partial charge in [-0.15, -0.1) is 0 Å². The summed E-state index contributed by atoms with van der Waals surface area (Å²) in [5, 5.41) is 0.905.